The average molecular weight is 351 g/mol. The van der Waals surface area contributed by atoms with Gasteiger partial charge in [0, 0.05) is 26.7 Å². The molecule has 0 saturated carbocycles. The van der Waals surface area contributed by atoms with Crippen LogP contribution in [0.2, 0.25) is 0 Å². The molecule has 1 aliphatic rings. The number of thioether (sulfide) groups is 1. The van der Waals surface area contributed by atoms with Crippen LogP contribution in [0.3, 0.4) is 0 Å². The van der Waals surface area contributed by atoms with E-state index in [0.29, 0.717) is 18.7 Å². The molecule has 0 atom stereocenters. The van der Waals surface area contributed by atoms with Crippen molar-refractivity contribution in [3.63, 3.8) is 0 Å². The Morgan fingerprint density at radius 3 is 2.67 bits per heavy atom. The molecular formula is C14H17N5O4S. The lowest BCUT2D eigenvalue weighted by Gasteiger charge is -2.11. The molecule has 0 bridgehead atoms. The van der Waals surface area contributed by atoms with Crippen molar-refractivity contribution in [1.29, 1.82) is 0 Å². The second kappa shape index (κ2) is 7.77. The molecule has 1 aromatic heterocycles. The molecule has 1 aromatic rings. The van der Waals surface area contributed by atoms with Crippen LogP contribution in [0.1, 0.15) is 37.8 Å². The fraction of sp³-hybridized carbons (Fsp3) is 0.357. The van der Waals surface area contributed by atoms with Gasteiger partial charge in [-0.25, -0.2) is 4.79 Å². The SMILES string of the molecule is CNC(=O)NCCCSC1=CC(=O)c2n[nH]c(C(=O)NC)c2C1=O. The number of fused-ring (bicyclic) bond motifs is 1. The van der Waals surface area contributed by atoms with Crippen molar-refractivity contribution < 1.29 is 19.2 Å². The number of rotatable bonds is 6. The Balaban J connectivity index is 2.02. The van der Waals surface area contributed by atoms with Crippen LogP contribution in [0.15, 0.2) is 11.0 Å². The number of H-pyrrole nitrogens is 1. The van der Waals surface area contributed by atoms with Crippen molar-refractivity contribution in [3.05, 3.63) is 27.9 Å². The van der Waals surface area contributed by atoms with Crippen LogP contribution in [0.5, 0.6) is 0 Å². The third-order valence-corrected chi connectivity index (χ3v) is 4.37. The Morgan fingerprint density at radius 1 is 1.25 bits per heavy atom. The lowest BCUT2D eigenvalue weighted by Crippen LogP contribution is -2.33. The summed E-state index contributed by atoms with van der Waals surface area (Å²) in [6, 6.07) is -0.276. The predicted octanol–water partition coefficient (Wildman–Crippen LogP) is 0.0845. The van der Waals surface area contributed by atoms with Gasteiger partial charge in [-0.3, -0.25) is 19.5 Å². The maximum absolute atomic E-state index is 12.5. The second-order valence-electron chi connectivity index (χ2n) is 4.81. The van der Waals surface area contributed by atoms with E-state index in [1.807, 2.05) is 0 Å². The first-order chi connectivity index (χ1) is 11.5. The summed E-state index contributed by atoms with van der Waals surface area (Å²) < 4.78 is 0. The van der Waals surface area contributed by atoms with E-state index in [2.05, 4.69) is 26.1 Å². The highest BCUT2D eigenvalue weighted by Crippen LogP contribution is 2.29. The number of allylic oxidation sites excluding steroid dienone is 2. The molecule has 0 aromatic carbocycles. The molecule has 0 fully saturated rings. The van der Waals surface area contributed by atoms with Crippen LogP contribution >= 0.6 is 11.8 Å². The Morgan fingerprint density at radius 2 is 2.00 bits per heavy atom. The van der Waals surface area contributed by atoms with Gasteiger partial charge < -0.3 is 16.0 Å². The number of urea groups is 1. The minimum absolute atomic E-state index is 0.00726. The Bertz CT molecular complexity index is 725. The maximum Gasteiger partial charge on any atom is 0.314 e. The van der Waals surface area contributed by atoms with E-state index >= 15 is 0 Å². The lowest BCUT2D eigenvalue weighted by molar-refractivity contribution is 0.0945. The van der Waals surface area contributed by atoms with Crippen molar-refractivity contribution in [2.75, 3.05) is 26.4 Å². The highest BCUT2D eigenvalue weighted by atomic mass is 32.2. The van der Waals surface area contributed by atoms with Crippen LogP contribution in [0, 0.1) is 0 Å². The monoisotopic (exact) mass is 351 g/mol. The molecule has 0 aliphatic heterocycles. The van der Waals surface area contributed by atoms with Crippen molar-refractivity contribution >= 4 is 35.3 Å². The van der Waals surface area contributed by atoms with Crippen LogP contribution in [0.25, 0.3) is 0 Å². The minimum Gasteiger partial charge on any atom is -0.354 e. The fourth-order valence-corrected chi connectivity index (χ4v) is 2.99. The number of amides is 3. The Kier molecular flexibility index (Phi) is 5.74. The van der Waals surface area contributed by atoms with E-state index in [1.165, 1.54) is 31.9 Å². The van der Waals surface area contributed by atoms with E-state index in [0.717, 1.165) is 0 Å². The Labute approximate surface area is 142 Å². The first-order valence-corrected chi connectivity index (χ1v) is 8.17. The van der Waals surface area contributed by atoms with Gasteiger partial charge >= 0.3 is 6.03 Å². The molecule has 0 radical (unpaired) electrons. The molecule has 1 heterocycles. The summed E-state index contributed by atoms with van der Waals surface area (Å²) in [4.78, 5) is 47.6. The standard InChI is InChI=1S/C14H17N5O4S/c1-15-13(22)11-9-10(18-19-11)7(20)6-8(12(9)21)24-5-3-4-17-14(23)16-2/h6H,3-5H2,1-2H3,(H,15,22)(H,18,19)(H2,16,17,23). The number of aromatic amines is 1. The number of carbonyl (C=O) groups is 4. The normalized spacial score (nSPS) is 13.2. The summed E-state index contributed by atoms with van der Waals surface area (Å²) in [6.07, 6.45) is 1.85. The van der Waals surface area contributed by atoms with Gasteiger partial charge in [0.1, 0.15) is 11.4 Å². The number of hydrogen-bond donors (Lipinski definition) is 4. The van der Waals surface area contributed by atoms with Gasteiger partial charge in [0.05, 0.1) is 10.5 Å². The van der Waals surface area contributed by atoms with Crippen LogP contribution in [-0.2, 0) is 0 Å². The summed E-state index contributed by atoms with van der Waals surface area (Å²) in [5.41, 5.74) is -0.0459. The molecule has 4 N–H and O–H groups in total. The smallest absolute Gasteiger partial charge is 0.314 e. The molecule has 3 amide bonds. The van der Waals surface area contributed by atoms with Gasteiger partial charge in [-0.15, -0.1) is 11.8 Å². The number of aromatic nitrogens is 2. The molecule has 24 heavy (non-hydrogen) atoms. The summed E-state index contributed by atoms with van der Waals surface area (Å²) in [5, 5.41) is 13.7. The lowest BCUT2D eigenvalue weighted by atomic mass is 9.99. The quantitative estimate of drug-likeness (QED) is 0.537. The van der Waals surface area contributed by atoms with Crippen LogP contribution in [-0.4, -0.2) is 60.1 Å². The molecule has 0 unspecified atom stereocenters. The number of carbonyl (C=O) groups excluding carboxylic acids is 4. The molecule has 10 heteroatoms. The summed E-state index contributed by atoms with van der Waals surface area (Å²) >= 11 is 1.21. The van der Waals surface area contributed by atoms with Gasteiger partial charge in [-0.2, -0.15) is 5.10 Å². The molecule has 2 rings (SSSR count). The van der Waals surface area contributed by atoms with Gasteiger partial charge in [0.25, 0.3) is 5.91 Å². The van der Waals surface area contributed by atoms with E-state index < -0.39 is 17.5 Å². The molecular weight excluding hydrogens is 334 g/mol. The van der Waals surface area contributed by atoms with Crippen LogP contribution < -0.4 is 16.0 Å². The summed E-state index contributed by atoms with van der Waals surface area (Å²) in [7, 11) is 2.95. The number of hydrogen-bond acceptors (Lipinski definition) is 6. The second-order valence-corrected chi connectivity index (χ2v) is 5.95. The van der Waals surface area contributed by atoms with Gasteiger partial charge in [0.15, 0.2) is 0 Å². The number of nitrogens with zero attached hydrogens (tertiary/aromatic N) is 1. The van der Waals surface area contributed by atoms with Crippen molar-refractivity contribution in [3.8, 4) is 0 Å². The van der Waals surface area contributed by atoms with E-state index in [4.69, 9.17) is 0 Å². The first-order valence-electron chi connectivity index (χ1n) is 7.19. The zero-order valence-electron chi connectivity index (χ0n) is 13.2. The third-order valence-electron chi connectivity index (χ3n) is 3.26. The van der Waals surface area contributed by atoms with Gasteiger partial charge in [0.2, 0.25) is 11.6 Å². The first kappa shape index (κ1) is 17.7. The summed E-state index contributed by atoms with van der Waals surface area (Å²) in [6.45, 7) is 0.447. The summed E-state index contributed by atoms with van der Waals surface area (Å²) in [5.74, 6) is -0.786. The highest BCUT2D eigenvalue weighted by Gasteiger charge is 2.33. The largest absolute Gasteiger partial charge is 0.354 e. The van der Waals surface area contributed by atoms with E-state index in [-0.39, 0.29) is 27.9 Å². The Hall–Kier alpha value is -2.62. The molecule has 128 valence electrons. The van der Waals surface area contributed by atoms with Crippen molar-refractivity contribution in [2.24, 2.45) is 0 Å². The zero-order valence-corrected chi connectivity index (χ0v) is 14.0. The zero-order chi connectivity index (χ0) is 17.7. The number of ketones is 2. The topological polar surface area (TPSA) is 133 Å². The van der Waals surface area contributed by atoms with Crippen LogP contribution in [0.4, 0.5) is 4.79 Å². The number of nitrogens with one attached hydrogen (secondary N) is 4. The molecule has 0 saturated heterocycles. The van der Waals surface area contributed by atoms with Gasteiger partial charge in [-0.05, 0) is 12.2 Å². The minimum atomic E-state index is -0.508. The predicted molar refractivity (Wildman–Crippen MR) is 88.3 cm³/mol. The number of Topliss-reactive ketones (excluding diaryl/α,β-unsaturated/α-hetero) is 1. The molecule has 9 nitrogen and oxygen atoms in total. The molecule has 1 aliphatic carbocycles. The van der Waals surface area contributed by atoms with Crippen molar-refractivity contribution in [2.45, 2.75) is 6.42 Å². The fourth-order valence-electron chi connectivity index (χ4n) is 2.06. The molecule has 0 spiro atoms. The van der Waals surface area contributed by atoms with Crippen molar-refractivity contribution in [1.82, 2.24) is 26.1 Å². The maximum atomic E-state index is 12.5. The average Bonchev–Trinajstić information content (AvgIpc) is 3.03. The van der Waals surface area contributed by atoms with E-state index in [9.17, 15) is 19.2 Å². The van der Waals surface area contributed by atoms with Gasteiger partial charge in [-0.1, -0.05) is 0 Å². The highest BCUT2D eigenvalue weighted by molar-refractivity contribution is 8.04. The third kappa shape index (κ3) is 3.65. The van der Waals surface area contributed by atoms with E-state index in [1.54, 1.807) is 0 Å².